The molecule has 1 aromatic heterocycles. The van der Waals surface area contributed by atoms with Gasteiger partial charge in [0.05, 0.1) is 19.1 Å². The number of esters is 1. The molecule has 1 heterocycles. The largest absolute Gasteiger partial charge is 0.481 e. The Kier molecular flexibility index (Phi) is 3.88. The lowest BCUT2D eigenvalue weighted by Gasteiger charge is -2.22. The standard InChI is InChI=1S/C12H17NO3/c1-5-16-11(14)12(2,3)9-6-7-13-10(8-9)15-4/h6-8H,5H2,1-4H3. The Morgan fingerprint density at radius 3 is 2.75 bits per heavy atom. The van der Waals surface area contributed by atoms with E-state index in [1.54, 1.807) is 32.4 Å². The maximum Gasteiger partial charge on any atom is 0.315 e. The van der Waals surface area contributed by atoms with Gasteiger partial charge in [0.25, 0.3) is 0 Å². The number of hydrogen-bond donors (Lipinski definition) is 0. The van der Waals surface area contributed by atoms with Gasteiger partial charge >= 0.3 is 5.97 Å². The summed E-state index contributed by atoms with van der Waals surface area (Å²) in [5.74, 6) is 0.248. The maximum atomic E-state index is 11.8. The van der Waals surface area contributed by atoms with Crippen LogP contribution in [0.1, 0.15) is 26.3 Å². The highest BCUT2D eigenvalue weighted by Gasteiger charge is 2.31. The van der Waals surface area contributed by atoms with E-state index in [4.69, 9.17) is 9.47 Å². The molecule has 0 spiro atoms. The number of ether oxygens (including phenoxy) is 2. The topological polar surface area (TPSA) is 48.4 Å². The van der Waals surface area contributed by atoms with E-state index >= 15 is 0 Å². The van der Waals surface area contributed by atoms with E-state index in [0.29, 0.717) is 12.5 Å². The molecule has 0 amide bonds. The average molecular weight is 223 g/mol. The van der Waals surface area contributed by atoms with Crippen molar-refractivity contribution in [2.24, 2.45) is 0 Å². The molecule has 0 atom stereocenters. The smallest absolute Gasteiger partial charge is 0.315 e. The summed E-state index contributed by atoms with van der Waals surface area (Å²) in [7, 11) is 1.55. The highest BCUT2D eigenvalue weighted by atomic mass is 16.5. The molecule has 0 N–H and O–H groups in total. The van der Waals surface area contributed by atoms with Gasteiger partial charge in [0.15, 0.2) is 0 Å². The Hall–Kier alpha value is -1.58. The zero-order chi connectivity index (χ0) is 12.2. The van der Waals surface area contributed by atoms with Crippen LogP contribution in [0.3, 0.4) is 0 Å². The minimum absolute atomic E-state index is 0.247. The fourth-order valence-corrected chi connectivity index (χ4v) is 1.34. The van der Waals surface area contributed by atoms with Crippen molar-refractivity contribution in [3.05, 3.63) is 23.9 Å². The highest BCUT2D eigenvalue weighted by molar-refractivity contribution is 5.82. The minimum Gasteiger partial charge on any atom is -0.481 e. The summed E-state index contributed by atoms with van der Waals surface area (Å²) in [5, 5.41) is 0. The van der Waals surface area contributed by atoms with Gasteiger partial charge in [-0.15, -0.1) is 0 Å². The van der Waals surface area contributed by atoms with Gasteiger partial charge in [-0.2, -0.15) is 0 Å². The van der Waals surface area contributed by atoms with Crippen molar-refractivity contribution >= 4 is 5.97 Å². The third kappa shape index (κ3) is 2.51. The van der Waals surface area contributed by atoms with Gasteiger partial charge in [0.1, 0.15) is 0 Å². The summed E-state index contributed by atoms with van der Waals surface area (Å²) in [6.45, 7) is 5.81. The van der Waals surface area contributed by atoms with E-state index in [-0.39, 0.29) is 5.97 Å². The number of aromatic nitrogens is 1. The average Bonchev–Trinajstić information content (AvgIpc) is 2.29. The Bertz CT molecular complexity index is 374. The van der Waals surface area contributed by atoms with Crippen LogP contribution in [0.25, 0.3) is 0 Å². The predicted molar refractivity (Wildman–Crippen MR) is 60.4 cm³/mol. The zero-order valence-corrected chi connectivity index (χ0v) is 10.1. The summed E-state index contributed by atoms with van der Waals surface area (Å²) in [5.41, 5.74) is 0.143. The minimum atomic E-state index is -0.688. The molecule has 0 fully saturated rings. The number of carbonyl (C=O) groups excluding carboxylic acids is 1. The van der Waals surface area contributed by atoms with Crippen LogP contribution in [0.4, 0.5) is 0 Å². The Morgan fingerprint density at radius 1 is 1.50 bits per heavy atom. The molecule has 1 rings (SSSR count). The molecule has 0 aliphatic carbocycles. The van der Waals surface area contributed by atoms with Crippen LogP contribution in [0.5, 0.6) is 5.88 Å². The summed E-state index contributed by atoms with van der Waals surface area (Å²) in [6.07, 6.45) is 1.62. The van der Waals surface area contributed by atoms with Crippen LogP contribution in [0.2, 0.25) is 0 Å². The number of hydrogen-bond acceptors (Lipinski definition) is 4. The molecule has 1 aromatic rings. The number of pyridine rings is 1. The molecule has 0 saturated heterocycles. The molecule has 16 heavy (non-hydrogen) atoms. The number of carbonyl (C=O) groups is 1. The normalized spacial score (nSPS) is 11.0. The first kappa shape index (κ1) is 12.5. The molecule has 88 valence electrons. The summed E-state index contributed by atoms with van der Waals surface area (Å²) in [6, 6.07) is 3.54. The van der Waals surface area contributed by atoms with E-state index < -0.39 is 5.41 Å². The van der Waals surface area contributed by atoms with Crippen molar-refractivity contribution in [3.8, 4) is 5.88 Å². The van der Waals surface area contributed by atoms with Gasteiger partial charge < -0.3 is 9.47 Å². The lowest BCUT2D eigenvalue weighted by atomic mass is 9.85. The molecular formula is C12H17NO3. The third-order valence-electron chi connectivity index (χ3n) is 2.45. The monoisotopic (exact) mass is 223 g/mol. The van der Waals surface area contributed by atoms with Gasteiger partial charge in [-0.1, -0.05) is 0 Å². The van der Waals surface area contributed by atoms with Crippen LogP contribution >= 0.6 is 0 Å². The van der Waals surface area contributed by atoms with Crippen molar-refractivity contribution in [1.29, 1.82) is 0 Å². The molecule has 0 aliphatic rings. The van der Waals surface area contributed by atoms with E-state index in [1.165, 1.54) is 0 Å². The van der Waals surface area contributed by atoms with E-state index in [1.807, 2.05) is 13.8 Å². The molecule has 0 aliphatic heterocycles. The first-order valence-corrected chi connectivity index (χ1v) is 5.20. The summed E-state index contributed by atoms with van der Waals surface area (Å²) < 4.78 is 10.1. The van der Waals surface area contributed by atoms with Gasteiger partial charge in [0.2, 0.25) is 5.88 Å². The zero-order valence-electron chi connectivity index (χ0n) is 10.1. The lowest BCUT2D eigenvalue weighted by Crippen LogP contribution is -2.31. The number of methoxy groups -OCH3 is 1. The van der Waals surface area contributed by atoms with Crippen LogP contribution in [0.15, 0.2) is 18.3 Å². The fourth-order valence-electron chi connectivity index (χ4n) is 1.34. The summed E-state index contributed by atoms with van der Waals surface area (Å²) >= 11 is 0. The third-order valence-corrected chi connectivity index (χ3v) is 2.45. The molecule has 0 unspecified atom stereocenters. The lowest BCUT2D eigenvalue weighted by molar-refractivity contribution is -0.148. The van der Waals surface area contributed by atoms with Gasteiger partial charge in [-0.25, -0.2) is 4.98 Å². The van der Waals surface area contributed by atoms with Crippen molar-refractivity contribution in [2.45, 2.75) is 26.2 Å². The molecule has 0 bridgehead atoms. The predicted octanol–water partition coefficient (Wildman–Crippen LogP) is 1.93. The van der Waals surface area contributed by atoms with E-state index in [2.05, 4.69) is 4.98 Å². The van der Waals surface area contributed by atoms with Crippen molar-refractivity contribution < 1.29 is 14.3 Å². The van der Waals surface area contributed by atoms with Crippen molar-refractivity contribution in [3.63, 3.8) is 0 Å². The Labute approximate surface area is 95.6 Å². The molecule has 0 saturated carbocycles. The fraction of sp³-hybridized carbons (Fsp3) is 0.500. The second-order valence-electron chi connectivity index (χ2n) is 3.93. The van der Waals surface area contributed by atoms with Crippen molar-refractivity contribution in [2.75, 3.05) is 13.7 Å². The second-order valence-corrected chi connectivity index (χ2v) is 3.93. The van der Waals surface area contributed by atoms with Crippen LogP contribution < -0.4 is 4.74 Å². The highest BCUT2D eigenvalue weighted by Crippen LogP contribution is 2.26. The number of rotatable bonds is 4. The molecule has 0 radical (unpaired) electrons. The molecule has 4 heteroatoms. The van der Waals surface area contributed by atoms with Gasteiger partial charge in [-0.05, 0) is 32.4 Å². The van der Waals surface area contributed by atoms with E-state index in [9.17, 15) is 4.79 Å². The molecular weight excluding hydrogens is 206 g/mol. The second kappa shape index (κ2) is 4.96. The molecule has 4 nitrogen and oxygen atoms in total. The summed E-state index contributed by atoms with van der Waals surface area (Å²) in [4.78, 5) is 15.8. The first-order valence-electron chi connectivity index (χ1n) is 5.20. The maximum absolute atomic E-state index is 11.8. The van der Waals surface area contributed by atoms with Crippen molar-refractivity contribution in [1.82, 2.24) is 4.98 Å². The van der Waals surface area contributed by atoms with Gasteiger partial charge in [0, 0.05) is 12.3 Å². The first-order chi connectivity index (χ1) is 7.52. The molecule has 0 aromatic carbocycles. The Balaban J connectivity index is 3.01. The van der Waals surface area contributed by atoms with E-state index in [0.717, 1.165) is 5.56 Å². The number of nitrogens with zero attached hydrogens (tertiary/aromatic N) is 1. The Morgan fingerprint density at radius 2 is 2.19 bits per heavy atom. The quantitative estimate of drug-likeness (QED) is 0.732. The van der Waals surface area contributed by atoms with Crippen LogP contribution in [-0.4, -0.2) is 24.7 Å². The SMILES string of the molecule is CCOC(=O)C(C)(C)c1ccnc(OC)c1. The van der Waals surface area contributed by atoms with Crippen LogP contribution in [-0.2, 0) is 14.9 Å². The van der Waals surface area contributed by atoms with Gasteiger partial charge in [-0.3, -0.25) is 4.79 Å². The van der Waals surface area contributed by atoms with Crippen LogP contribution in [0, 0.1) is 0 Å².